The zero-order valence-electron chi connectivity index (χ0n) is 6.85. The predicted octanol–water partition coefficient (Wildman–Crippen LogP) is 2.47. The SMILES string of the molecule is CC(=O)c1cnc(-c2nccs2)s1. The minimum Gasteiger partial charge on any atom is -0.294 e. The monoisotopic (exact) mass is 210 g/mol. The zero-order valence-corrected chi connectivity index (χ0v) is 8.48. The van der Waals surface area contributed by atoms with Crippen LogP contribution in [0.15, 0.2) is 17.8 Å². The van der Waals surface area contributed by atoms with Crippen LogP contribution in [-0.4, -0.2) is 15.8 Å². The maximum atomic E-state index is 11.0. The van der Waals surface area contributed by atoms with Gasteiger partial charge in [0.05, 0.1) is 4.88 Å². The zero-order chi connectivity index (χ0) is 9.26. The summed E-state index contributed by atoms with van der Waals surface area (Å²) in [6, 6.07) is 0. The van der Waals surface area contributed by atoms with Crippen molar-refractivity contribution in [2.45, 2.75) is 6.92 Å². The molecule has 0 aromatic carbocycles. The van der Waals surface area contributed by atoms with E-state index in [1.807, 2.05) is 5.38 Å². The average molecular weight is 210 g/mol. The number of Topliss-reactive ketones (excluding diaryl/α,β-unsaturated/α-hetero) is 1. The maximum Gasteiger partial charge on any atom is 0.171 e. The van der Waals surface area contributed by atoms with Crippen LogP contribution in [0.4, 0.5) is 0 Å². The summed E-state index contributed by atoms with van der Waals surface area (Å²) in [4.78, 5) is 19.9. The topological polar surface area (TPSA) is 42.9 Å². The molecule has 3 nitrogen and oxygen atoms in total. The van der Waals surface area contributed by atoms with Gasteiger partial charge in [-0.15, -0.1) is 22.7 Å². The highest BCUT2D eigenvalue weighted by atomic mass is 32.1. The lowest BCUT2D eigenvalue weighted by atomic mass is 10.4. The lowest BCUT2D eigenvalue weighted by Gasteiger charge is -1.84. The second-order valence-electron chi connectivity index (χ2n) is 2.42. The van der Waals surface area contributed by atoms with E-state index in [1.165, 1.54) is 22.7 Å². The van der Waals surface area contributed by atoms with E-state index in [9.17, 15) is 4.79 Å². The van der Waals surface area contributed by atoms with E-state index in [2.05, 4.69) is 9.97 Å². The van der Waals surface area contributed by atoms with E-state index in [4.69, 9.17) is 0 Å². The smallest absolute Gasteiger partial charge is 0.171 e. The number of carbonyl (C=O) groups excluding carboxylic acids is 1. The van der Waals surface area contributed by atoms with Crippen molar-refractivity contribution in [1.82, 2.24) is 9.97 Å². The highest BCUT2D eigenvalue weighted by Crippen LogP contribution is 2.26. The number of aromatic nitrogens is 2. The first-order chi connectivity index (χ1) is 6.27. The van der Waals surface area contributed by atoms with Crippen molar-refractivity contribution in [3.05, 3.63) is 22.7 Å². The summed E-state index contributed by atoms with van der Waals surface area (Å²) in [7, 11) is 0. The van der Waals surface area contributed by atoms with Gasteiger partial charge < -0.3 is 0 Å². The van der Waals surface area contributed by atoms with Gasteiger partial charge in [0.1, 0.15) is 0 Å². The molecule has 0 bridgehead atoms. The molecular weight excluding hydrogens is 204 g/mol. The van der Waals surface area contributed by atoms with Crippen LogP contribution in [0.3, 0.4) is 0 Å². The van der Waals surface area contributed by atoms with Crippen molar-refractivity contribution in [2.24, 2.45) is 0 Å². The molecule has 2 aromatic rings. The van der Waals surface area contributed by atoms with Gasteiger partial charge in [0.2, 0.25) is 0 Å². The first-order valence-corrected chi connectivity index (χ1v) is 5.33. The van der Waals surface area contributed by atoms with Crippen LogP contribution in [0.25, 0.3) is 10.0 Å². The molecule has 0 amide bonds. The third-order valence-corrected chi connectivity index (χ3v) is 3.48. The van der Waals surface area contributed by atoms with E-state index in [-0.39, 0.29) is 5.78 Å². The number of thiazole rings is 2. The molecule has 66 valence electrons. The summed E-state index contributed by atoms with van der Waals surface area (Å²) in [5.74, 6) is 0.0558. The molecule has 13 heavy (non-hydrogen) atoms. The van der Waals surface area contributed by atoms with E-state index in [1.54, 1.807) is 19.3 Å². The fourth-order valence-electron chi connectivity index (χ4n) is 0.865. The summed E-state index contributed by atoms with van der Waals surface area (Å²) in [5.41, 5.74) is 0. The number of carbonyl (C=O) groups is 1. The lowest BCUT2D eigenvalue weighted by Crippen LogP contribution is -1.83. The van der Waals surface area contributed by atoms with Crippen LogP contribution in [0.2, 0.25) is 0 Å². The summed E-state index contributed by atoms with van der Waals surface area (Å²) in [6.07, 6.45) is 3.33. The Kier molecular flexibility index (Phi) is 2.20. The van der Waals surface area contributed by atoms with E-state index in [0.29, 0.717) is 4.88 Å². The highest BCUT2D eigenvalue weighted by molar-refractivity contribution is 7.21. The van der Waals surface area contributed by atoms with Crippen LogP contribution in [-0.2, 0) is 0 Å². The number of hydrogen-bond acceptors (Lipinski definition) is 5. The van der Waals surface area contributed by atoms with Crippen molar-refractivity contribution in [3.8, 4) is 10.0 Å². The van der Waals surface area contributed by atoms with Crippen molar-refractivity contribution in [2.75, 3.05) is 0 Å². The van der Waals surface area contributed by atoms with E-state index < -0.39 is 0 Å². The van der Waals surface area contributed by atoms with Gasteiger partial charge in [-0.05, 0) is 0 Å². The normalized spacial score (nSPS) is 10.2. The lowest BCUT2D eigenvalue weighted by molar-refractivity contribution is 0.102. The van der Waals surface area contributed by atoms with Gasteiger partial charge >= 0.3 is 0 Å². The fraction of sp³-hybridized carbons (Fsp3) is 0.125. The second kappa shape index (κ2) is 3.35. The summed E-state index contributed by atoms with van der Waals surface area (Å²) >= 11 is 2.91. The fourth-order valence-corrected chi connectivity index (χ4v) is 2.36. The third kappa shape index (κ3) is 1.66. The van der Waals surface area contributed by atoms with E-state index in [0.717, 1.165) is 10.0 Å². The number of hydrogen-bond donors (Lipinski definition) is 0. The molecule has 0 unspecified atom stereocenters. The van der Waals surface area contributed by atoms with Gasteiger partial charge in [-0.3, -0.25) is 4.79 Å². The molecule has 0 aliphatic heterocycles. The molecule has 0 aliphatic rings. The molecule has 2 rings (SSSR count). The van der Waals surface area contributed by atoms with Crippen molar-refractivity contribution < 1.29 is 4.79 Å². The Balaban J connectivity index is 2.39. The van der Waals surface area contributed by atoms with Gasteiger partial charge in [-0.2, -0.15) is 0 Å². The maximum absolute atomic E-state index is 11.0. The molecule has 5 heteroatoms. The van der Waals surface area contributed by atoms with E-state index >= 15 is 0 Å². The van der Waals surface area contributed by atoms with Crippen LogP contribution in [0.5, 0.6) is 0 Å². The summed E-state index contributed by atoms with van der Waals surface area (Å²) < 4.78 is 0. The van der Waals surface area contributed by atoms with Crippen LogP contribution in [0, 0.1) is 0 Å². The molecule has 0 saturated carbocycles. The number of ketones is 1. The molecule has 0 fully saturated rings. The number of rotatable bonds is 2. The average Bonchev–Trinajstić information content (AvgIpc) is 2.75. The Morgan fingerprint density at radius 3 is 2.77 bits per heavy atom. The minimum atomic E-state index is 0.0558. The third-order valence-electron chi connectivity index (χ3n) is 1.47. The Hall–Kier alpha value is -1.07. The molecule has 0 spiro atoms. The van der Waals surface area contributed by atoms with Crippen LogP contribution < -0.4 is 0 Å². The molecule has 2 aromatic heterocycles. The first-order valence-electron chi connectivity index (χ1n) is 3.64. The number of nitrogens with zero attached hydrogens (tertiary/aromatic N) is 2. The van der Waals surface area contributed by atoms with Gasteiger partial charge in [-0.1, -0.05) is 0 Å². The molecule has 2 heterocycles. The molecule has 0 N–H and O–H groups in total. The molecule has 0 atom stereocenters. The second-order valence-corrected chi connectivity index (χ2v) is 4.35. The van der Waals surface area contributed by atoms with Gasteiger partial charge in [-0.25, -0.2) is 9.97 Å². The van der Waals surface area contributed by atoms with Crippen molar-refractivity contribution in [1.29, 1.82) is 0 Å². The molecule has 0 aliphatic carbocycles. The quantitative estimate of drug-likeness (QED) is 0.715. The Morgan fingerprint density at radius 1 is 1.38 bits per heavy atom. The van der Waals surface area contributed by atoms with Crippen LogP contribution in [0.1, 0.15) is 16.6 Å². The highest BCUT2D eigenvalue weighted by Gasteiger charge is 2.08. The Morgan fingerprint density at radius 2 is 2.23 bits per heavy atom. The van der Waals surface area contributed by atoms with Gasteiger partial charge in [0, 0.05) is 24.7 Å². The minimum absolute atomic E-state index is 0.0558. The van der Waals surface area contributed by atoms with Crippen molar-refractivity contribution >= 4 is 28.5 Å². The standard InChI is InChI=1S/C8H6N2OS2/c1-5(11)6-4-10-8(13-6)7-9-2-3-12-7/h2-4H,1H3. The first kappa shape index (κ1) is 8.52. The molecule has 0 radical (unpaired) electrons. The van der Waals surface area contributed by atoms with Crippen LogP contribution >= 0.6 is 22.7 Å². The summed E-state index contributed by atoms with van der Waals surface area (Å²) in [5, 5.41) is 3.59. The predicted molar refractivity (Wildman–Crippen MR) is 53.2 cm³/mol. The molecule has 0 saturated heterocycles. The molecular formula is C8H6N2OS2. The Bertz CT molecular complexity index is 419. The van der Waals surface area contributed by atoms with Crippen molar-refractivity contribution in [3.63, 3.8) is 0 Å². The van der Waals surface area contributed by atoms with Gasteiger partial charge in [0.15, 0.2) is 15.8 Å². The van der Waals surface area contributed by atoms with Gasteiger partial charge in [0.25, 0.3) is 0 Å². The Labute approximate surface area is 83.1 Å². The largest absolute Gasteiger partial charge is 0.294 e. The summed E-state index contributed by atoms with van der Waals surface area (Å²) in [6.45, 7) is 1.54.